The summed E-state index contributed by atoms with van der Waals surface area (Å²) in [4.78, 5) is 11.8. The Morgan fingerprint density at radius 1 is 1.22 bits per heavy atom. The highest BCUT2D eigenvalue weighted by atomic mass is 16.1. The number of nitrogens with one attached hydrogen (secondary N) is 2. The second-order valence-electron chi connectivity index (χ2n) is 5.20. The van der Waals surface area contributed by atoms with Crippen molar-refractivity contribution in [3.63, 3.8) is 0 Å². The van der Waals surface area contributed by atoms with E-state index in [1.165, 1.54) is 24.0 Å². The Morgan fingerprint density at radius 2 is 1.94 bits per heavy atom. The van der Waals surface area contributed by atoms with Gasteiger partial charge in [-0.25, -0.2) is 0 Å². The van der Waals surface area contributed by atoms with E-state index in [4.69, 9.17) is 0 Å². The quantitative estimate of drug-likeness (QED) is 0.857. The van der Waals surface area contributed by atoms with Crippen LogP contribution in [0, 0.1) is 13.8 Å². The number of carbonyl (C=O) groups is 1. The average molecular weight is 246 g/mol. The highest BCUT2D eigenvalue weighted by Gasteiger charge is 2.16. The molecule has 1 aliphatic carbocycles. The van der Waals surface area contributed by atoms with Crippen LogP contribution in [0.25, 0.3) is 0 Å². The Morgan fingerprint density at radius 3 is 2.61 bits per heavy atom. The predicted octanol–water partition coefficient (Wildman–Crippen LogP) is 2.77. The summed E-state index contributed by atoms with van der Waals surface area (Å²) in [7, 11) is 0. The SMILES string of the molecule is Cc1ccc(NCC(=O)NC2CCCC2)cc1C. The van der Waals surface area contributed by atoms with Gasteiger partial charge in [0.05, 0.1) is 6.54 Å². The molecule has 1 amide bonds. The van der Waals surface area contributed by atoms with Gasteiger partial charge in [0.1, 0.15) is 0 Å². The minimum Gasteiger partial charge on any atom is -0.376 e. The lowest BCUT2D eigenvalue weighted by atomic mass is 10.1. The summed E-state index contributed by atoms with van der Waals surface area (Å²) in [5.41, 5.74) is 3.53. The second-order valence-corrected chi connectivity index (χ2v) is 5.20. The molecule has 1 aromatic carbocycles. The second kappa shape index (κ2) is 5.89. The molecule has 18 heavy (non-hydrogen) atoms. The van der Waals surface area contributed by atoms with Crippen molar-refractivity contribution >= 4 is 11.6 Å². The summed E-state index contributed by atoms with van der Waals surface area (Å²) < 4.78 is 0. The molecular weight excluding hydrogens is 224 g/mol. The van der Waals surface area contributed by atoms with E-state index < -0.39 is 0 Å². The normalized spacial score (nSPS) is 15.7. The highest BCUT2D eigenvalue weighted by molar-refractivity contribution is 5.81. The van der Waals surface area contributed by atoms with Crippen molar-refractivity contribution < 1.29 is 4.79 Å². The van der Waals surface area contributed by atoms with Crippen molar-refractivity contribution in [2.75, 3.05) is 11.9 Å². The minimum absolute atomic E-state index is 0.0973. The maximum atomic E-state index is 11.8. The van der Waals surface area contributed by atoms with Crippen molar-refractivity contribution in [1.82, 2.24) is 5.32 Å². The summed E-state index contributed by atoms with van der Waals surface area (Å²) >= 11 is 0. The van der Waals surface area contributed by atoms with Crippen LogP contribution in [0.1, 0.15) is 36.8 Å². The summed E-state index contributed by atoms with van der Waals surface area (Å²) in [6.45, 7) is 4.53. The molecule has 0 atom stereocenters. The van der Waals surface area contributed by atoms with Gasteiger partial charge < -0.3 is 10.6 Å². The van der Waals surface area contributed by atoms with Crippen molar-refractivity contribution in [3.8, 4) is 0 Å². The van der Waals surface area contributed by atoms with Gasteiger partial charge in [0.25, 0.3) is 0 Å². The van der Waals surface area contributed by atoms with E-state index in [9.17, 15) is 4.79 Å². The van der Waals surface area contributed by atoms with Crippen LogP contribution in [0.2, 0.25) is 0 Å². The van der Waals surface area contributed by atoms with Gasteiger partial charge in [-0.05, 0) is 49.9 Å². The molecule has 0 saturated heterocycles. The minimum atomic E-state index is 0.0973. The molecule has 0 radical (unpaired) electrons. The standard InChI is InChI=1S/C15H22N2O/c1-11-7-8-14(9-12(11)2)16-10-15(18)17-13-5-3-4-6-13/h7-9,13,16H,3-6,10H2,1-2H3,(H,17,18). The van der Waals surface area contributed by atoms with E-state index in [0.29, 0.717) is 12.6 Å². The van der Waals surface area contributed by atoms with E-state index in [-0.39, 0.29) is 5.91 Å². The van der Waals surface area contributed by atoms with Crippen molar-refractivity contribution in [3.05, 3.63) is 29.3 Å². The Balaban J connectivity index is 1.79. The molecule has 0 aliphatic heterocycles. The Hall–Kier alpha value is -1.51. The van der Waals surface area contributed by atoms with Crippen LogP contribution in [0.4, 0.5) is 5.69 Å². The van der Waals surface area contributed by atoms with Crippen molar-refractivity contribution in [2.45, 2.75) is 45.6 Å². The summed E-state index contributed by atoms with van der Waals surface area (Å²) in [5, 5.41) is 6.25. The monoisotopic (exact) mass is 246 g/mol. The summed E-state index contributed by atoms with van der Waals surface area (Å²) in [6.07, 6.45) is 4.76. The Labute approximate surface area is 109 Å². The first-order chi connectivity index (χ1) is 8.65. The zero-order chi connectivity index (χ0) is 13.0. The first-order valence-electron chi connectivity index (χ1n) is 6.75. The number of hydrogen-bond donors (Lipinski definition) is 2. The summed E-state index contributed by atoms with van der Waals surface area (Å²) in [5.74, 6) is 0.0973. The molecule has 98 valence electrons. The van der Waals surface area contributed by atoms with Gasteiger partial charge in [-0.1, -0.05) is 18.9 Å². The molecule has 1 fully saturated rings. The lowest BCUT2D eigenvalue weighted by Gasteiger charge is -2.13. The lowest BCUT2D eigenvalue weighted by molar-refractivity contribution is -0.120. The first-order valence-corrected chi connectivity index (χ1v) is 6.75. The zero-order valence-corrected chi connectivity index (χ0v) is 11.3. The number of rotatable bonds is 4. The fraction of sp³-hybridized carbons (Fsp3) is 0.533. The Kier molecular flexibility index (Phi) is 4.24. The van der Waals surface area contributed by atoms with E-state index in [0.717, 1.165) is 18.5 Å². The molecule has 2 N–H and O–H groups in total. The average Bonchev–Trinajstić information content (AvgIpc) is 2.83. The third-order valence-electron chi connectivity index (χ3n) is 3.68. The van der Waals surface area contributed by atoms with Crippen LogP contribution in [0.5, 0.6) is 0 Å². The molecule has 0 bridgehead atoms. The van der Waals surface area contributed by atoms with Gasteiger partial charge in [0.15, 0.2) is 0 Å². The fourth-order valence-corrected chi connectivity index (χ4v) is 2.38. The number of anilines is 1. The highest BCUT2D eigenvalue weighted by Crippen LogP contribution is 2.17. The van der Waals surface area contributed by atoms with Gasteiger partial charge >= 0.3 is 0 Å². The van der Waals surface area contributed by atoms with Gasteiger partial charge in [-0.15, -0.1) is 0 Å². The summed E-state index contributed by atoms with van der Waals surface area (Å²) in [6, 6.07) is 6.58. The van der Waals surface area contributed by atoms with Crippen LogP contribution in [0.3, 0.4) is 0 Å². The van der Waals surface area contributed by atoms with E-state index in [1.54, 1.807) is 0 Å². The predicted molar refractivity (Wildman–Crippen MR) is 74.8 cm³/mol. The number of benzene rings is 1. The largest absolute Gasteiger partial charge is 0.376 e. The van der Waals surface area contributed by atoms with Gasteiger partial charge in [0, 0.05) is 11.7 Å². The van der Waals surface area contributed by atoms with Gasteiger partial charge in [0.2, 0.25) is 5.91 Å². The molecule has 2 rings (SSSR count). The van der Waals surface area contributed by atoms with Crippen molar-refractivity contribution in [2.24, 2.45) is 0 Å². The van der Waals surface area contributed by atoms with Crippen LogP contribution >= 0.6 is 0 Å². The fourth-order valence-electron chi connectivity index (χ4n) is 2.38. The molecular formula is C15H22N2O. The Bertz CT molecular complexity index is 423. The molecule has 1 aromatic rings. The third kappa shape index (κ3) is 3.49. The van der Waals surface area contributed by atoms with E-state index in [2.05, 4.69) is 36.6 Å². The third-order valence-corrected chi connectivity index (χ3v) is 3.68. The molecule has 0 aromatic heterocycles. The molecule has 3 heteroatoms. The molecule has 3 nitrogen and oxygen atoms in total. The van der Waals surface area contributed by atoms with Gasteiger partial charge in [-0.3, -0.25) is 4.79 Å². The van der Waals surface area contributed by atoms with Crippen LogP contribution < -0.4 is 10.6 Å². The molecule has 0 heterocycles. The molecule has 1 aliphatic rings. The smallest absolute Gasteiger partial charge is 0.239 e. The van der Waals surface area contributed by atoms with Crippen LogP contribution in [-0.4, -0.2) is 18.5 Å². The number of aryl methyl sites for hydroxylation is 2. The lowest BCUT2D eigenvalue weighted by Crippen LogP contribution is -2.36. The maximum Gasteiger partial charge on any atom is 0.239 e. The topological polar surface area (TPSA) is 41.1 Å². The first kappa shape index (κ1) is 12.9. The van der Waals surface area contributed by atoms with Gasteiger partial charge in [-0.2, -0.15) is 0 Å². The van der Waals surface area contributed by atoms with E-state index >= 15 is 0 Å². The maximum absolute atomic E-state index is 11.8. The molecule has 0 spiro atoms. The number of carbonyl (C=O) groups excluding carboxylic acids is 1. The number of amides is 1. The van der Waals surface area contributed by atoms with Crippen LogP contribution in [0.15, 0.2) is 18.2 Å². The molecule has 0 unspecified atom stereocenters. The van der Waals surface area contributed by atoms with Crippen molar-refractivity contribution in [1.29, 1.82) is 0 Å². The molecule has 1 saturated carbocycles. The van der Waals surface area contributed by atoms with E-state index in [1.807, 2.05) is 6.07 Å². The van der Waals surface area contributed by atoms with Crippen LogP contribution in [-0.2, 0) is 4.79 Å². The zero-order valence-electron chi connectivity index (χ0n) is 11.3. The number of hydrogen-bond acceptors (Lipinski definition) is 2.